The summed E-state index contributed by atoms with van der Waals surface area (Å²) in [6.45, 7) is 14.1. The largest absolute Gasteiger partial charge is 0.339 e. The molecule has 0 N–H and O–H groups in total. The lowest BCUT2D eigenvalue weighted by Crippen LogP contribution is -2.32. The molecule has 1 rings (SSSR count). The lowest BCUT2D eigenvalue weighted by molar-refractivity contribution is 0.0753. The number of carbonyl (C=O) groups excluding carboxylic acids is 1. The first kappa shape index (κ1) is 18.7. The lowest BCUT2D eigenvalue weighted by atomic mass is 10.1. The molecule has 0 unspecified atom stereocenters. The van der Waals surface area contributed by atoms with E-state index in [0.717, 1.165) is 49.0 Å². The molecule has 1 amide bonds. The topological polar surface area (TPSA) is 20.3 Å². The zero-order valence-corrected chi connectivity index (χ0v) is 14.1. The quantitative estimate of drug-likeness (QED) is 0.718. The molecule has 0 heterocycles. The molecule has 114 valence electrons. The Bertz CT molecular complexity index is 378. The summed E-state index contributed by atoms with van der Waals surface area (Å²) in [6, 6.07) is 6.08. The first-order valence-corrected chi connectivity index (χ1v) is 7.96. The van der Waals surface area contributed by atoms with E-state index in [2.05, 4.69) is 19.9 Å². The Morgan fingerprint density at radius 2 is 1.50 bits per heavy atom. The summed E-state index contributed by atoms with van der Waals surface area (Å²) in [6.07, 6.45) is 3.22. The second-order valence-electron chi connectivity index (χ2n) is 5.02. The Labute approximate surface area is 125 Å². The maximum absolute atomic E-state index is 12.5. The highest BCUT2D eigenvalue weighted by molar-refractivity contribution is 5.94. The number of rotatable bonds is 6. The van der Waals surface area contributed by atoms with E-state index in [1.807, 2.05) is 44.7 Å². The van der Waals surface area contributed by atoms with Crippen molar-refractivity contribution >= 4 is 5.91 Å². The first-order chi connectivity index (χ1) is 9.58. The van der Waals surface area contributed by atoms with Crippen molar-refractivity contribution in [3.63, 3.8) is 0 Å². The first-order valence-electron chi connectivity index (χ1n) is 7.96. The van der Waals surface area contributed by atoms with Gasteiger partial charge < -0.3 is 4.90 Å². The third-order valence-electron chi connectivity index (χ3n) is 3.03. The summed E-state index contributed by atoms with van der Waals surface area (Å²) in [5.74, 6) is 0.178. The minimum absolute atomic E-state index is 0.178. The molecule has 0 fully saturated rings. The molecule has 0 aliphatic heterocycles. The highest BCUT2D eigenvalue weighted by Gasteiger charge is 2.14. The van der Waals surface area contributed by atoms with Gasteiger partial charge in [0, 0.05) is 18.7 Å². The van der Waals surface area contributed by atoms with Crippen LogP contribution in [0, 0.1) is 13.8 Å². The van der Waals surface area contributed by atoms with E-state index >= 15 is 0 Å². The predicted molar refractivity (Wildman–Crippen MR) is 88.4 cm³/mol. The Morgan fingerprint density at radius 1 is 0.950 bits per heavy atom. The van der Waals surface area contributed by atoms with Crippen LogP contribution in [0.5, 0.6) is 0 Å². The van der Waals surface area contributed by atoms with E-state index in [0.29, 0.717) is 0 Å². The fourth-order valence-corrected chi connectivity index (χ4v) is 2.21. The zero-order valence-electron chi connectivity index (χ0n) is 14.1. The van der Waals surface area contributed by atoms with Gasteiger partial charge in [-0.25, -0.2) is 0 Å². The molecule has 0 spiro atoms. The monoisotopic (exact) mass is 277 g/mol. The number of benzene rings is 1. The third-order valence-corrected chi connectivity index (χ3v) is 3.03. The van der Waals surface area contributed by atoms with Gasteiger partial charge >= 0.3 is 0 Å². The summed E-state index contributed by atoms with van der Waals surface area (Å²) in [4.78, 5) is 14.5. The van der Waals surface area contributed by atoms with Crippen molar-refractivity contribution in [2.75, 3.05) is 13.1 Å². The minimum Gasteiger partial charge on any atom is -0.339 e. The van der Waals surface area contributed by atoms with Gasteiger partial charge in [-0.05, 0) is 38.8 Å². The van der Waals surface area contributed by atoms with Gasteiger partial charge in [0.15, 0.2) is 0 Å². The van der Waals surface area contributed by atoms with Crippen LogP contribution < -0.4 is 0 Å². The number of hydrogen-bond acceptors (Lipinski definition) is 1. The van der Waals surface area contributed by atoms with Crippen LogP contribution >= 0.6 is 0 Å². The molecule has 20 heavy (non-hydrogen) atoms. The molecular formula is C18H31NO. The summed E-state index contributed by atoms with van der Waals surface area (Å²) in [5, 5.41) is 0. The Kier molecular flexibility index (Phi) is 9.79. The number of aryl methyl sites for hydroxylation is 2. The number of carbonyl (C=O) groups is 1. The molecule has 1 aromatic carbocycles. The average molecular weight is 277 g/mol. The van der Waals surface area contributed by atoms with Gasteiger partial charge in [-0.15, -0.1) is 0 Å². The number of unbranched alkanes of at least 4 members (excludes halogenated alkanes) is 1. The molecule has 0 radical (unpaired) electrons. The molecule has 2 nitrogen and oxygen atoms in total. The SMILES string of the molecule is CC.CCCCN(CCC)C(=O)c1cc(C)cc(C)c1. The van der Waals surface area contributed by atoms with E-state index in [-0.39, 0.29) is 5.91 Å². The second-order valence-corrected chi connectivity index (χ2v) is 5.02. The third kappa shape index (κ3) is 6.23. The van der Waals surface area contributed by atoms with Crippen molar-refractivity contribution in [3.8, 4) is 0 Å². The molecule has 0 saturated heterocycles. The summed E-state index contributed by atoms with van der Waals surface area (Å²) < 4.78 is 0. The van der Waals surface area contributed by atoms with Crippen LogP contribution in [0.3, 0.4) is 0 Å². The average Bonchev–Trinajstić information content (AvgIpc) is 2.44. The molecule has 0 bridgehead atoms. The smallest absolute Gasteiger partial charge is 0.253 e. The van der Waals surface area contributed by atoms with Crippen LogP contribution in [0.2, 0.25) is 0 Å². The molecule has 1 aromatic rings. The molecule has 0 aromatic heterocycles. The van der Waals surface area contributed by atoms with Crippen LogP contribution in [0.15, 0.2) is 18.2 Å². The second kappa shape index (κ2) is 10.5. The number of hydrogen-bond donors (Lipinski definition) is 0. The van der Waals surface area contributed by atoms with Gasteiger partial charge in [-0.3, -0.25) is 4.79 Å². The Morgan fingerprint density at radius 3 is 1.95 bits per heavy atom. The van der Waals surface area contributed by atoms with E-state index in [4.69, 9.17) is 0 Å². The lowest BCUT2D eigenvalue weighted by Gasteiger charge is -2.22. The van der Waals surface area contributed by atoms with Crippen molar-refractivity contribution in [2.45, 2.75) is 60.8 Å². The van der Waals surface area contributed by atoms with Gasteiger partial charge in [-0.1, -0.05) is 51.3 Å². The molecular weight excluding hydrogens is 246 g/mol. The highest BCUT2D eigenvalue weighted by Crippen LogP contribution is 2.12. The molecule has 0 atom stereocenters. The van der Waals surface area contributed by atoms with Crippen LogP contribution in [0.4, 0.5) is 0 Å². The predicted octanol–water partition coefficient (Wildman–Crippen LogP) is 4.98. The number of nitrogens with zero attached hydrogens (tertiary/aromatic N) is 1. The fraction of sp³-hybridized carbons (Fsp3) is 0.611. The van der Waals surface area contributed by atoms with Gasteiger partial charge in [0.25, 0.3) is 5.91 Å². The molecule has 0 saturated carbocycles. The van der Waals surface area contributed by atoms with Crippen molar-refractivity contribution in [1.82, 2.24) is 4.90 Å². The summed E-state index contributed by atoms with van der Waals surface area (Å²) in [7, 11) is 0. The van der Waals surface area contributed by atoms with Crippen molar-refractivity contribution in [1.29, 1.82) is 0 Å². The highest BCUT2D eigenvalue weighted by atomic mass is 16.2. The van der Waals surface area contributed by atoms with Crippen molar-refractivity contribution in [3.05, 3.63) is 34.9 Å². The summed E-state index contributed by atoms with van der Waals surface area (Å²) >= 11 is 0. The number of amides is 1. The van der Waals surface area contributed by atoms with Crippen LogP contribution in [-0.2, 0) is 0 Å². The molecule has 2 heteroatoms. The normalized spacial score (nSPS) is 9.70. The Balaban J connectivity index is 0.00000172. The standard InChI is InChI=1S/C16H25NO.C2H6/c1-5-7-9-17(8-6-2)16(18)15-11-13(3)10-14(4)12-15;1-2/h10-12H,5-9H2,1-4H3;1-2H3. The van der Waals surface area contributed by atoms with Gasteiger partial charge in [-0.2, -0.15) is 0 Å². The van der Waals surface area contributed by atoms with Crippen molar-refractivity contribution in [2.24, 2.45) is 0 Å². The minimum atomic E-state index is 0.178. The Hall–Kier alpha value is -1.31. The van der Waals surface area contributed by atoms with Gasteiger partial charge in [0.2, 0.25) is 0 Å². The van der Waals surface area contributed by atoms with Gasteiger partial charge in [0.05, 0.1) is 0 Å². The molecule has 0 aliphatic carbocycles. The zero-order chi connectivity index (χ0) is 15.5. The van der Waals surface area contributed by atoms with Crippen LogP contribution in [0.1, 0.15) is 68.4 Å². The van der Waals surface area contributed by atoms with Crippen LogP contribution in [0.25, 0.3) is 0 Å². The van der Waals surface area contributed by atoms with Crippen LogP contribution in [-0.4, -0.2) is 23.9 Å². The van der Waals surface area contributed by atoms with E-state index in [1.54, 1.807) is 0 Å². The molecule has 0 aliphatic rings. The summed E-state index contributed by atoms with van der Waals surface area (Å²) in [5.41, 5.74) is 3.15. The van der Waals surface area contributed by atoms with Gasteiger partial charge in [0.1, 0.15) is 0 Å². The maximum atomic E-state index is 12.5. The van der Waals surface area contributed by atoms with Crippen molar-refractivity contribution < 1.29 is 4.79 Å². The fourth-order valence-electron chi connectivity index (χ4n) is 2.21. The van der Waals surface area contributed by atoms with E-state index < -0.39 is 0 Å². The van der Waals surface area contributed by atoms with E-state index in [1.165, 1.54) is 0 Å². The van der Waals surface area contributed by atoms with E-state index in [9.17, 15) is 4.79 Å². The maximum Gasteiger partial charge on any atom is 0.253 e.